The van der Waals surface area contributed by atoms with Crippen molar-refractivity contribution in [1.82, 2.24) is 0 Å². The van der Waals surface area contributed by atoms with Crippen molar-refractivity contribution in [2.45, 2.75) is 58.1 Å². The van der Waals surface area contributed by atoms with Gasteiger partial charge in [0, 0.05) is 6.04 Å². The van der Waals surface area contributed by atoms with Gasteiger partial charge < -0.3 is 10.8 Å². The summed E-state index contributed by atoms with van der Waals surface area (Å²) in [4.78, 5) is 0. The molecule has 0 radical (unpaired) electrons. The lowest BCUT2D eigenvalue weighted by atomic mass is 9.84. The first-order chi connectivity index (χ1) is 8.32. The standard InChI is InChI=1S/C16H25NO/c1-15(2,3)9-6-10-16(18)11-14(17)12-7-4-5-8-13(12)16/h4-5,7-8,14,18H,6,9-11,17H2,1-3H3. The number of fused-ring (bicyclic) bond motifs is 1. The van der Waals surface area contributed by atoms with Gasteiger partial charge in [-0.3, -0.25) is 0 Å². The highest BCUT2D eigenvalue weighted by atomic mass is 16.3. The highest BCUT2D eigenvalue weighted by molar-refractivity contribution is 5.39. The number of benzene rings is 1. The van der Waals surface area contributed by atoms with E-state index in [4.69, 9.17) is 5.73 Å². The Balaban J connectivity index is 2.09. The molecule has 2 rings (SSSR count). The number of rotatable bonds is 3. The van der Waals surface area contributed by atoms with Gasteiger partial charge in [0.2, 0.25) is 0 Å². The third kappa shape index (κ3) is 2.76. The molecule has 1 aromatic carbocycles. The van der Waals surface area contributed by atoms with Crippen molar-refractivity contribution in [2.24, 2.45) is 11.1 Å². The minimum Gasteiger partial charge on any atom is -0.385 e. The molecule has 3 N–H and O–H groups in total. The van der Waals surface area contributed by atoms with Crippen LogP contribution < -0.4 is 5.73 Å². The second-order valence-electron chi connectivity index (χ2n) is 6.84. The molecular formula is C16H25NO. The van der Waals surface area contributed by atoms with E-state index in [1.807, 2.05) is 24.3 Å². The van der Waals surface area contributed by atoms with Crippen LogP contribution in [0.15, 0.2) is 24.3 Å². The Morgan fingerprint density at radius 1 is 1.33 bits per heavy atom. The normalized spacial score (nSPS) is 27.3. The summed E-state index contributed by atoms with van der Waals surface area (Å²) in [6.45, 7) is 6.72. The van der Waals surface area contributed by atoms with Crippen LogP contribution in [0.4, 0.5) is 0 Å². The zero-order valence-corrected chi connectivity index (χ0v) is 11.7. The third-order valence-electron chi connectivity index (χ3n) is 3.94. The summed E-state index contributed by atoms with van der Waals surface area (Å²) in [6, 6.07) is 8.05. The molecule has 0 aromatic heterocycles. The first-order valence-electron chi connectivity index (χ1n) is 6.89. The van der Waals surface area contributed by atoms with E-state index in [9.17, 15) is 5.11 Å². The molecule has 18 heavy (non-hydrogen) atoms. The Bertz CT molecular complexity index is 421. The molecule has 1 aromatic rings. The van der Waals surface area contributed by atoms with Crippen LogP contribution in [0.1, 0.15) is 63.6 Å². The minimum atomic E-state index is -0.707. The van der Waals surface area contributed by atoms with Crippen molar-refractivity contribution in [3.05, 3.63) is 35.4 Å². The monoisotopic (exact) mass is 247 g/mol. The molecule has 0 fully saturated rings. The van der Waals surface area contributed by atoms with Gasteiger partial charge in [-0.25, -0.2) is 0 Å². The summed E-state index contributed by atoms with van der Waals surface area (Å²) in [5.74, 6) is 0. The van der Waals surface area contributed by atoms with E-state index >= 15 is 0 Å². The van der Waals surface area contributed by atoms with Crippen molar-refractivity contribution < 1.29 is 5.11 Å². The van der Waals surface area contributed by atoms with E-state index < -0.39 is 5.60 Å². The van der Waals surface area contributed by atoms with Crippen LogP contribution in [-0.4, -0.2) is 5.11 Å². The van der Waals surface area contributed by atoms with Crippen molar-refractivity contribution in [2.75, 3.05) is 0 Å². The van der Waals surface area contributed by atoms with Gasteiger partial charge in [-0.1, -0.05) is 45.0 Å². The van der Waals surface area contributed by atoms with Crippen molar-refractivity contribution in [1.29, 1.82) is 0 Å². The lowest BCUT2D eigenvalue weighted by Gasteiger charge is -2.26. The number of aliphatic hydroxyl groups is 1. The van der Waals surface area contributed by atoms with E-state index in [-0.39, 0.29) is 6.04 Å². The molecule has 0 bridgehead atoms. The van der Waals surface area contributed by atoms with E-state index in [0.29, 0.717) is 11.8 Å². The summed E-state index contributed by atoms with van der Waals surface area (Å²) >= 11 is 0. The summed E-state index contributed by atoms with van der Waals surface area (Å²) in [6.07, 6.45) is 3.65. The average Bonchev–Trinajstić information content (AvgIpc) is 2.51. The second-order valence-corrected chi connectivity index (χ2v) is 6.84. The van der Waals surface area contributed by atoms with Crippen LogP contribution in [0.2, 0.25) is 0 Å². The highest BCUT2D eigenvalue weighted by Crippen LogP contribution is 2.45. The zero-order valence-electron chi connectivity index (χ0n) is 11.7. The minimum absolute atomic E-state index is 0.0131. The second kappa shape index (κ2) is 4.67. The Morgan fingerprint density at radius 2 is 2.00 bits per heavy atom. The number of hydrogen-bond acceptors (Lipinski definition) is 2. The summed E-state index contributed by atoms with van der Waals surface area (Å²) in [7, 11) is 0. The smallest absolute Gasteiger partial charge is 0.0917 e. The van der Waals surface area contributed by atoms with Crippen molar-refractivity contribution in [3.63, 3.8) is 0 Å². The molecule has 0 heterocycles. The topological polar surface area (TPSA) is 46.2 Å². The fraction of sp³-hybridized carbons (Fsp3) is 0.625. The van der Waals surface area contributed by atoms with Crippen molar-refractivity contribution in [3.8, 4) is 0 Å². The van der Waals surface area contributed by atoms with Gasteiger partial charge in [0.05, 0.1) is 5.60 Å². The van der Waals surface area contributed by atoms with Gasteiger partial charge >= 0.3 is 0 Å². The Hall–Kier alpha value is -0.860. The van der Waals surface area contributed by atoms with Crippen molar-refractivity contribution >= 4 is 0 Å². The SMILES string of the molecule is CC(C)(C)CCCC1(O)CC(N)c2ccccc21. The number of hydrogen-bond donors (Lipinski definition) is 2. The molecule has 2 unspecified atom stereocenters. The largest absolute Gasteiger partial charge is 0.385 e. The zero-order chi connectivity index (χ0) is 13.4. The van der Waals surface area contributed by atoms with E-state index in [2.05, 4.69) is 20.8 Å². The highest BCUT2D eigenvalue weighted by Gasteiger charge is 2.40. The van der Waals surface area contributed by atoms with Gasteiger partial charge in [-0.15, -0.1) is 0 Å². The van der Waals surface area contributed by atoms with Crippen LogP contribution >= 0.6 is 0 Å². The van der Waals surface area contributed by atoms with Gasteiger partial charge in [-0.2, -0.15) is 0 Å². The Kier molecular flexibility index (Phi) is 3.52. The fourth-order valence-electron chi connectivity index (χ4n) is 2.98. The maximum absolute atomic E-state index is 10.8. The summed E-state index contributed by atoms with van der Waals surface area (Å²) in [5, 5.41) is 10.8. The Morgan fingerprint density at radius 3 is 2.67 bits per heavy atom. The molecule has 1 aliphatic rings. The molecule has 0 saturated heterocycles. The molecule has 2 nitrogen and oxygen atoms in total. The van der Waals surface area contributed by atoms with Crippen LogP contribution in [0.25, 0.3) is 0 Å². The lowest BCUT2D eigenvalue weighted by molar-refractivity contribution is 0.0202. The quantitative estimate of drug-likeness (QED) is 0.858. The van der Waals surface area contributed by atoms with Crippen LogP contribution in [0, 0.1) is 5.41 Å². The third-order valence-corrected chi connectivity index (χ3v) is 3.94. The predicted octanol–water partition coefficient (Wildman–Crippen LogP) is 3.49. The van der Waals surface area contributed by atoms with E-state index in [1.54, 1.807) is 0 Å². The average molecular weight is 247 g/mol. The molecule has 0 amide bonds. The van der Waals surface area contributed by atoms with Gasteiger partial charge in [0.1, 0.15) is 0 Å². The first kappa shape index (κ1) is 13.6. The molecule has 100 valence electrons. The van der Waals surface area contributed by atoms with Gasteiger partial charge in [0.25, 0.3) is 0 Å². The molecule has 0 aliphatic heterocycles. The maximum Gasteiger partial charge on any atom is 0.0917 e. The van der Waals surface area contributed by atoms with Crippen LogP contribution in [-0.2, 0) is 5.60 Å². The fourth-order valence-corrected chi connectivity index (χ4v) is 2.98. The molecule has 2 atom stereocenters. The number of nitrogens with two attached hydrogens (primary N) is 1. The van der Waals surface area contributed by atoms with E-state index in [1.165, 1.54) is 0 Å². The van der Waals surface area contributed by atoms with Crippen LogP contribution in [0.3, 0.4) is 0 Å². The molecule has 0 saturated carbocycles. The van der Waals surface area contributed by atoms with Gasteiger partial charge in [-0.05, 0) is 42.2 Å². The molecule has 0 spiro atoms. The Labute approximate surface area is 110 Å². The summed E-state index contributed by atoms with van der Waals surface area (Å²) in [5.41, 5.74) is 7.91. The predicted molar refractivity (Wildman–Crippen MR) is 75.2 cm³/mol. The molecule has 2 heteroatoms. The summed E-state index contributed by atoms with van der Waals surface area (Å²) < 4.78 is 0. The van der Waals surface area contributed by atoms with Gasteiger partial charge in [0.15, 0.2) is 0 Å². The molecule has 1 aliphatic carbocycles. The molecular weight excluding hydrogens is 222 g/mol. The maximum atomic E-state index is 10.8. The van der Waals surface area contributed by atoms with E-state index in [0.717, 1.165) is 30.4 Å². The first-order valence-corrected chi connectivity index (χ1v) is 6.89. The van der Waals surface area contributed by atoms with Crippen LogP contribution in [0.5, 0.6) is 0 Å². The lowest BCUT2D eigenvalue weighted by Crippen LogP contribution is -2.24.